The first-order valence-corrected chi connectivity index (χ1v) is 8.93. The third-order valence-corrected chi connectivity index (χ3v) is 6.03. The van der Waals surface area contributed by atoms with Crippen molar-refractivity contribution in [2.24, 2.45) is 7.05 Å². The minimum absolute atomic E-state index is 0.146. The van der Waals surface area contributed by atoms with Gasteiger partial charge in [-0.05, 0) is 6.92 Å². The normalized spacial score (nSPS) is 20.9. The van der Waals surface area contributed by atoms with Crippen molar-refractivity contribution in [1.82, 2.24) is 19.0 Å². The maximum Gasteiger partial charge on any atom is 0.214 e. The highest BCUT2D eigenvalue weighted by molar-refractivity contribution is 7.89. The van der Waals surface area contributed by atoms with Gasteiger partial charge < -0.3 is 4.74 Å². The summed E-state index contributed by atoms with van der Waals surface area (Å²) in [6.45, 7) is 6.68. The van der Waals surface area contributed by atoms with Gasteiger partial charge in [0.25, 0.3) is 0 Å². The second-order valence-corrected chi connectivity index (χ2v) is 7.81. The summed E-state index contributed by atoms with van der Waals surface area (Å²) in [5.41, 5.74) is 3.11. The Kier molecular flexibility index (Phi) is 4.04. The van der Waals surface area contributed by atoms with Gasteiger partial charge in [-0.1, -0.05) is 0 Å². The van der Waals surface area contributed by atoms with E-state index < -0.39 is 10.0 Å². The maximum absolute atomic E-state index is 12.0. The van der Waals surface area contributed by atoms with Gasteiger partial charge in [0.2, 0.25) is 10.0 Å². The molecule has 0 radical (unpaired) electrons. The molecule has 1 aromatic heterocycles. The summed E-state index contributed by atoms with van der Waals surface area (Å²) < 4.78 is 32.8. The summed E-state index contributed by atoms with van der Waals surface area (Å²) in [5, 5.41) is 4.58. The molecule has 0 saturated carbocycles. The number of morpholine rings is 1. The number of nitrogens with zero attached hydrogens (tertiary/aromatic N) is 4. The van der Waals surface area contributed by atoms with Crippen molar-refractivity contribution in [1.29, 1.82) is 0 Å². The van der Waals surface area contributed by atoms with Crippen molar-refractivity contribution in [3.05, 3.63) is 17.0 Å². The first-order chi connectivity index (χ1) is 10.0. The largest absolute Gasteiger partial charge is 0.379 e. The lowest BCUT2D eigenvalue weighted by molar-refractivity contribution is 0.0334. The van der Waals surface area contributed by atoms with Gasteiger partial charge in [-0.3, -0.25) is 9.58 Å². The van der Waals surface area contributed by atoms with Crippen LogP contribution in [0.2, 0.25) is 0 Å². The van der Waals surface area contributed by atoms with E-state index in [4.69, 9.17) is 4.74 Å². The van der Waals surface area contributed by atoms with Crippen molar-refractivity contribution in [2.45, 2.75) is 26.6 Å². The van der Waals surface area contributed by atoms with Crippen LogP contribution in [0.3, 0.4) is 0 Å². The van der Waals surface area contributed by atoms with Crippen LogP contribution in [0.25, 0.3) is 0 Å². The summed E-state index contributed by atoms with van der Waals surface area (Å²) in [6, 6.07) is 0. The van der Waals surface area contributed by atoms with Crippen LogP contribution in [-0.2, 0) is 41.4 Å². The fourth-order valence-electron chi connectivity index (χ4n) is 2.92. The molecule has 3 heterocycles. The standard InChI is InChI=1S/C13H22N4O3S/c1-3-21(18,19)17-8-11-12(14-15(2)13(11)10-17)9-16-4-6-20-7-5-16/h3-10H2,1-2H3. The van der Waals surface area contributed by atoms with Crippen LogP contribution in [0, 0.1) is 0 Å². The Hall–Kier alpha value is -0.960. The summed E-state index contributed by atoms with van der Waals surface area (Å²) in [5.74, 6) is 0.146. The molecule has 2 aliphatic heterocycles. The third kappa shape index (κ3) is 2.85. The third-order valence-electron chi connectivity index (χ3n) is 4.25. The van der Waals surface area contributed by atoms with E-state index in [1.807, 2.05) is 11.7 Å². The van der Waals surface area contributed by atoms with Crippen molar-refractivity contribution in [3.63, 3.8) is 0 Å². The number of sulfonamides is 1. The van der Waals surface area contributed by atoms with Gasteiger partial charge in [0.15, 0.2) is 0 Å². The Labute approximate surface area is 125 Å². The highest BCUT2D eigenvalue weighted by Crippen LogP contribution is 2.28. The molecule has 0 atom stereocenters. The molecule has 7 nitrogen and oxygen atoms in total. The monoisotopic (exact) mass is 314 g/mol. The van der Waals surface area contributed by atoms with E-state index in [2.05, 4.69) is 10.00 Å². The van der Waals surface area contributed by atoms with Gasteiger partial charge in [-0.25, -0.2) is 8.42 Å². The van der Waals surface area contributed by atoms with Crippen molar-refractivity contribution in [2.75, 3.05) is 32.1 Å². The van der Waals surface area contributed by atoms with Crippen LogP contribution < -0.4 is 0 Å². The second kappa shape index (κ2) is 5.68. The Morgan fingerprint density at radius 3 is 2.62 bits per heavy atom. The average molecular weight is 314 g/mol. The number of ether oxygens (including phenoxy) is 1. The molecular formula is C13H22N4O3S. The molecule has 0 aliphatic carbocycles. The van der Waals surface area contributed by atoms with E-state index in [1.54, 1.807) is 11.2 Å². The van der Waals surface area contributed by atoms with Crippen LogP contribution in [0.15, 0.2) is 0 Å². The quantitative estimate of drug-likeness (QED) is 0.777. The molecule has 0 bridgehead atoms. The summed E-state index contributed by atoms with van der Waals surface area (Å²) in [4.78, 5) is 2.31. The van der Waals surface area contributed by atoms with Gasteiger partial charge in [-0.2, -0.15) is 9.40 Å². The van der Waals surface area contributed by atoms with Crippen molar-refractivity contribution < 1.29 is 13.2 Å². The number of hydrogen-bond acceptors (Lipinski definition) is 5. The smallest absolute Gasteiger partial charge is 0.214 e. The zero-order chi connectivity index (χ0) is 15.0. The summed E-state index contributed by atoms with van der Waals surface area (Å²) >= 11 is 0. The van der Waals surface area contributed by atoms with Crippen LogP contribution in [0.4, 0.5) is 0 Å². The van der Waals surface area contributed by atoms with Gasteiger partial charge in [0.05, 0.1) is 36.9 Å². The minimum atomic E-state index is -3.14. The molecule has 2 aliphatic rings. The van der Waals surface area contributed by atoms with Crippen molar-refractivity contribution in [3.8, 4) is 0 Å². The Morgan fingerprint density at radius 1 is 1.24 bits per heavy atom. The average Bonchev–Trinajstić information content (AvgIpc) is 3.03. The fraction of sp³-hybridized carbons (Fsp3) is 0.769. The van der Waals surface area contributed by atoms with E-state index in [-0.39, 0.29) is 5.75 Å². The lowest BCUT2D eigenvalue weighted by Gasteiger charge is -2.26. The fourth-order valence-corrected chi connectivity index (χ4v) is 3.93. The SMILES string of the molecule is CCS(=O)(=O)N1Cc2c(CN3CCOCC3)nn(C)c2C1. The molecule has 118 valence electrons. The summed E-state index contributed by atoms with van der Waals surface area (Å²) in [6.07, 6.45) is 0. The highest BCUT2D eigenvalue weighted by Gasteiger charge is 2.33. The van der Waals surface area contributed by atoms with Crippen LogP contribution in [0.1, 0.15) is 23.9 Å². The number of fused-ring (bicyclic) bond motifs is 1. The molecular weight excluding hydrogens is 292 g/mol. The van der Waals surface area contributed by atoms with E-state index >= 15 is 0 Å². The molecule has 1 aromatic rings. The highest BCUT2D eigenvalue weighted by atomic mass is 32.2. The first-order valence-electron chi connectivity index (χ1n) is 7.33. The zero-order valence-electron chi connectivity index (χ0n) is 12.6. The molecule has 1 saturated heterocycles. The van der Waals surface area contributed by atoms with Gasteiger partial charge in [-0.15, -0.1) is 0 Å². The number of aryl methyl sites for hydroxylation is 1. The lowest BCUT2D eigenvalue weighted by Crippen LogP contribution is -2.36. The first kappa shape index (κ1) is 15.0. The zero-order valence-corrected chi connectivity index (χ0v) is 13.4. The van der Waals surface area contributed by atoms with E-state index in [9.17, 15) is 8.42 Å². The van der Waals surface area contributed by atoms with Gasteiger partial charge in [0.1, 0.15) is 0 Å². The maximum atomic E-state index is 12.0. The second-order valence-electron chi connectivity index (χ2n) is 5.55. The van der Waals surface area contributed by atoms with Gasteiger partial charge >= 0.3 is 0 Å². The van der Waals surface area contributed by atoms with Gasteiger partial charge in [0, 0.05) is 38.8 Å². The molecule has 0 spiro atoms. The molecule has 21 heavy (non-hydrogen) atoms. The molecule has 0 aromatic carbocycles. The lowest BCUT2D eigenvalue weighted by atomic mass is 10.2. The summed E-state index contributed by atoms with van der Waals surface area (Å²) in [7, 11) is -1.25. The van der Waals surface area contributed by atoms with E-state index in [0.717, 1.165) is 49.8 Å². The molecule has 0 amide bonds. The molecule has 0 N–H and O–H groups in total. The Balaban J connectivity index is 1.79. The van der Waals surface area contributed by atoms with Crippen LogP contribution >= 0.6 is 0 Å². The molecule has 1 fully saturated rings. The van der Waals surface area contributed by atoms with Crippen LogP contribution in [0.5, 0.6) is 0 Å². The molecule has 0 unspecified atom stereocenters. The predicted molar refractivity (Wildman–Crippen MR) is 78.0 cm³/mol. The number of rotatable bonds is 4. The van der Waals surface area contributed by atoms with E-state index in [1.165, 1.54) is 0 Å². The van der Waals surface area contributed by atoms with E-state index in [0.29, 0.717) is 13.1 Å². The number of aromatic nitrogens is 2. The number of hydrogen-bond donors (Lipinski definition) is 0. The van der Waals surface area contributed by atoms with Crippen LogP contribution in [-0.4, -0.2) is 59.5 Å². The Morgan fingerprint density at radius 2 is 1.95 bits per heavy atom. The topological polar surface area (TPSA) is 67.7 Å². The minimum Gasteiger partial charge on any atom is -0.379 e. The predicted octanol–water partition coefficient (Wildman–Crippen LogP) is -0.0824. The van der Waals surface area contributed by atoms with Crippen molar-refractivity contribution >= 4 is 10.0 Å². The molecule has 3 rings (SSSR count). The Bertz CT molecular complexity index is 620. The molecule has 8 heteroatoms.